The van der Waals surface area contributed by atoms with Crippen LogP contribution in [0.4, 0.5) is 0 Å². The third kappa shape index (κ3) is 18.1. The number of carboxylic acid groups (broad SMARTS) is 2. The summed E-state index contributed by atoms with van der Waals surface area (Å²) in [6, 6.07) is 5.50. The zero-order chi connectivity index (χ0) is 32.3. The van der Waals surface area contributed by atoms with Gasteiger partial charge in [-0.1, -0.05) is 33.8 Å². The van der Waals surface area contributed by atoms with Gasteiger partial charge in [-0.2, -0.15) is 0 Å². The Kier molecular flexibility index (Phi) is 25.7. The van der Waals surface area contributed by atoms with Crippen LogP contribution in [0.1, 0.15) is 39.1 Å². The Balaban J connectivity index is 0. The van der Waals surface area contributed by atoms with Crippen molar-refractivity contribution >= 4 is 30.3 Å². The first-order chi connectivity index (χ1) is 20.3. The number of aliphatic hydroxyl groups is 1. The SMILES string of the molecule is CC.CC.CO.NC=N/C(=C\N)c1cccc(CN2CCN(CC(=O)O)CCN(CC=O)CCN(CC(=O)O)CC2)n1. The maximum atomic E-state index is 11.4. The average Bonchev–Trinajstić information content (AvgIpc) is 3.00. The highest BCUT2D eigenvalue weighted by atomic mass is 16.4. The molecule has 0 atom stereocenters. The van der Waals surface area contributed by atoms with E-state index in [0.717, 1.165) is 25.4 Å². The largest absolute Gasteiger partial charge is 0.480 e. The second-order valence-electron chi connectivity index (χ2n) is 8.43. The number of aliphatic hydroxyl groups excluding tert-OH is 1. The lowest BCUT2D eigenvalue weighted by Gasteiger charge is -2.33. The molecule has 1 aliphatic heterocycles. The van der Waals surface area contributed by atoms with Crippen LogP contribution in [0.2, 0.25) is 0 Å². The van der Waals surface area contributed by atoms with Crippen molar-refractivity contribution in [1.29, 1.82) is 0 Å². The van der Waals surface area contributed by atoms with Crippen molar-refractivity contribution in [1.82, 2.24) is 24.6 Å². The van der Waals surface area contributed by atoms with E-state index in [1.807, 2.05) is 54.5 Å². The second kappa shape index (κ2) is 26.5. The van der Waals surface area contributed by atoms with Crippen molar-refractivity contribution in [3.63, 3.8) is 0 Å². The monoisotopic (exact) mass is 596 g/mol. The van der Waals surface area contributed by atoms with E-state index in [1.54, 1.807) is 6.07 Å². The molecule has 0 unspecified atom stereocenters. The number of carbonyl (C=O) groups excluding carboxylic acids is 1. The van der Waals surface area contributed by atoms with Crippen LogP contribution in [0.15, 0.2) is 29.4 Å². The Morgan fingerprint density at radius 1 is 0.833 bits per heavy atom. The van der Waals surface area contributed by atoms with Gasteiger partial charge in [-0.05, 0) is 12.1 Å². The molecule has 2 rings (SSSR count). The van der Waals surface area contributed by atoms with E-state index in [9.17, 15) is 24.6 Å². The molecule has 2 heterocycles. The van der Waals surface area contributed by atoms with Gasteiger partial charge in [-0.3, -0.25) is 29.2 Å². The molecule has 0 amide bonds. The third-order valence-electron chi connectivity index (χ3n) is 5.81. The smallest absolute Gasteiger partial charge is 0.317 e. The minimum absolute atomic E-state index is 0.108. The minimum Gasteiger partial charge on any atom is -0.480 e. The molecule has 7 N–H and O–H groups in total. The Morgan fingerprint density at radius 2 is 1.29 bits per heavy atom. The first-order valence-corrected chi connectivity index (χ1v) is 14.2. The van der Waals surface area contributed by atoms with E-state index < -0.39 is 11.9 Å². The summed E-state index contributed by atoms with van der Waals surface area (Å²) in [5.74, 6) is -1.83. The molecule has 0 aromatic carbocycles. The lowest BCUT2D eigenvalue weighted by atomic mass is 10.2. The summed E-state index contributed by atoms with van der Waals surface area (Å²) in [6.07, 6.45) is 3.28. The van der Waals surface area contributed by atoms with Gasteiger partial charge in [0.25, 0.3) is 0 Å². The number of aliphatic carboxylic acids is 2. The molecule has 0 spiro atoms. The summed E-state index contributed by atoms with van der Waals surface area (Å²) in [6.45, 7) is 12.5. The average molecular weight is 597 g/mol. The fraction of sp³-hybridized carbons (Fsp3) is 0.607. The molecule has 1 fully saturated rings. The molecule has 1 saturated heterocycles. The van der Waals surface area contributed by atoms with Crippen molar-refractivity contribution in [2.75, 3.05) is 79.1 Å². The third-order valence-corrected chi connectivity index (χ3v) is 5.81. The van der Waals surface area contributed by atoms with E-state index in [-0.39, 0.29) is 19.6 Å². The van der Waals surface area contributed by atoms with Crippen LogP contribution in [0.25, 0.3) is 5.70 Å². The van der Waals surface area contributed by atoms with Crippen LogP contribution in [0.3, 0.4) is 0 Å². The summed E-state index contributed by atoms with van der Waals surface area (Å²) < 4.78 is 0. The topological polar surface area (TPSA) is 202 Å². The molecular formula is C28H52N8O6. The number of aldehydes is 1. The van der Waals surface area contributed by atoms with Crippen molar-refractivity contribution in [3.05, 3.63) is 35.8 Å². The molecule has 0 bridgehead atoms. The van der Waals surface area contributed by atoms with E-state index in [4.69, 9.17) is 16.6 Å². The molecule has 240 valence electrons. The quantitative estimate of drug-likeness (QED) is 0.138. The number of aromatic nitrogens is 1. The molecule has 1 aromatic rings. The highest BCUT2D eigenvalue weighted by molar-refractivity contribution is 5.70. The van der Waals surface area contributed by atoms with Gasteiger partial charge < -0.3 is 31.6 Å². The molecule has 14 heteroatoms. The summed E-state index contributed by atoms with van der Waals surface area (Å²) in [5, 5.41) is 25.7. The zero-order valence-electron chi connectivity index (χ0n) is 25.9. The van der Waals surface area contributed by atoms with Gasteiger partial charge in [0.05, 0.1) is 37.4 Å². The number of rotatable bonds is 10. The van der Waals surface area contributed by atoms with Gasteiger partial charge in [0.15, 0.2) is 0 Å². The predicted molar refractivity (Wildman–Crippen MR) is 166 cm³/mol. The maximum Gasteiger partial charge on any atom is 0.317 e. The molecule has 0 aliphatic carbocycles. The van der Waals surface area contributed by atoms with Gasteiger partial charge in [0, 0.05) is 72.2 Å². The minimum atomic E-state index is -0.917. The number of aliphatic imine (C=N–C) groups is 1. The van der Waals surface area contributed by atoms with Gasteiger partial charge in [-0.15, -0.1) is 0 Å². The number of carboxylic acids is 2. The Labute approximate surface area is 250 Å². The lowest BCUT2D eigenvalue weighted by Crippen LogP contribution is -2.47. The maximum absolute atomic E-state index is 11.4. The molecule has 14 nitrogen and oxygen atoms in total. The Hall–Kier alpha value is -3.43. The molecule has 1 aromatic heterocycles. The van der Waals surface area contributed by atoms with Crippen LogP contribution < -0.4 is 11.5 Å². The van der Waals surface area contributed by atoms with Crippen LogP contribution >= 0.6 is 0 Å². The van der Waals surface area contributed by atoms with Gasteiger partial charge >= 0.3 is 11.9 Å². The molecule has 0 radical (unpaired) electrons. The number of carbonyl (C=O) groups is 3. The summed E-state index contributed by atoms with van der Waals surface area (Å²) in [7, 11) is 1.00. The zero-order valence-corrected chi connectivity index (χ0v) is 25.9. The van der Waals surface area contributed by atoms with Crippen LogP contribution in [-0.4, -0.2) is 144 Å². The van der Waals surface area contributed by atoms with Crippen molar-refractivity contribution in [3.8, 4) is 0 Å². The number of hydrogen-bond acceptors (Lipinski definition) is 11. The second-order valence-corrected chi connectivity index (χ2v) is 8.43. The van der Waals surface area contributed by atoms with Crippen LogP contribution in [0, 0.1) is 0 Å². The molecule has 42 heavy (non-hydrogen) atoms. The number of nitrogens with zero attached hydrogens (tertiary/aromatic N) is 6. The highest BCUT2D eigenvalue weighted by Crippen LogP contribution is 2.13. The fourth-order valence-corrected chi connectivity index (χ4v) is 3.94. The fourth-order valence-electron chi connectivity index (χ4n) is 3.94. The van der Waals surface area contributed by atoms with Crippen molar-refractivity contribution in [2.24, 2.45) is 16.5 Å². The molecular weight excluding hydrogens is 544 g/mol. The van der Waals surface area contributed by atoms with Crippen LogP contribution in [0.5, 0.6) is 0 Å². The first-order valence-electron chi connectivity index (χ1n) is 14.2. The Morgan fingerprint density at radius 3 is 1.69 bits per heavy atom. The van der Waals surface area contributed by atoms with E-state index >= 15 is 0 Å². The standard InChI is InChI=1S/C23H36N8O5.2C2H6.CH4O/c24-14-21(26-18-25)20-3-1-2-19(27-20)15-29-8-10-30(16-22(33)34)6-4-28(12-13-32)5-7-31(11-9-29)17-23(35)36;3*1-2/h1-3,13-14,18H,4-12,15-17,24H2,(H2,25,26)(H,33,34)(H,35,36);2*1-2H3;2H,1H3/b21-14-;;;. The number of hydrogen-bond donors (Lipinski definition) is 5. The predicted octanol–water partition coefficient (Wildman–Crippen LogP) is 0.0763. The summed E-state index contributed by atoms with van der Waals surface area (Å²) in [4.78, 5) is 50.3. The van der Waals surface area contributed by atoms with Crippen LogP contribution in [-0.2, 0) is 20.9 Å². The van der Waals surface area contributed by atoms with E-state index in [0.29, 0.717) is 70.3 Å². The lowest BCUT2D eigenvalue weighted by molar-refractivity contribution is -0.139. The normalized spacial score (nSPS) is 16.3. The summed E-state index contributed by atoms with van der Waals surface area (Å²) >= 11 is 0. The van der Waals surface area contributed by atoms with Gasteiger partial charge in [-0.25, -0.2) is 9.98 Å². The highest BCUT2D eigenvalue weighted by Gasteiger charge is 2.19. The number of pyridine rings is 1. The van der Waals surface area contributed by atoms with Gasteiger partial charge in [0.2, 0.25) is 0 Å². The van der Waals surface area contributed by atoms with Gasteiger partial charge in [0.1, 0.15) is 12.0 Å². The van der Waals surface area contributed by atoms with Crippen molar-refractivity contribution < 1.29 is 29.7 Å². The Bertz CT molecular complexity index is 899. The molecule has 0 saturated carbocycles. The summed E-state index contributed by atoms with van der Waals surface area (Å²) in [5.41, 5.74) is 12.8. The first kappa shape index (κ1) is 40.7. The van der Waals surface area contributed by atoms with E-state index in [2.05, 4.69) is 14.9 Å². The van der Waals surface area contributed by atoms with E-state index in [1.165, 1.54) is 6.20 Å². The van der Waals surface area contributed by atoms with Crippen molar-refractivity contribution in [2.45, 2.75) is 34.2 Å². The molecule has 1 aliphatic rings. The number of nitrogens with two attached hydrogens (primary N) is 2.